The lowest BCUT2D eigenvalue weighted by Crippen LogP contribution is -2.22. The van der Waals surface area contributed by atoms with E-state index in [0.29, 0.717) is 18.0 Å². The van der Waals surface area contributed by atoms with Gasteiger partial charge in [-0.2, -0.15) is 0 Å². The van der Waals surface area contributed by atoms with Crippen molar-refractivity contribution in [1.82, 2.24) is 5.32 Å². The average molecular weight is 271 g/mol. The maximum absolute atomic E-state index is 13.0. The van der Waals surface area contributed by atoms with Crippen molar-refractivity contribution in [2.45, 2.75) is 39.2 Å². The van der Waals surface area contributed by atoms with Crippen LogP contribution in [0.3, 0.4) is 0 Å². The van der Waals surface area contributed by atoms with Gasteiger partial charge >= 0.3 is 0 Å². The van der Waals surface area contributed by atoms with Crippen molar-refractivity contribution in [3.05, 3.63) is 35.4 Å². The molecule has 1 rings (SSSR count). The number of aliphatic hydroxyl groups is 1. The summed E-state index contributed by atoms with van der Waals surface area (Å²) in [6.45, 7) is 5.57. The Bertz CT molecular complexity index is 382. The average Bonchev–Trinajstić information content (AvgIpc) is 2.36. The molecule has 4 heteroatoms. The molecular formula is C15H23F2NO. The summed E-state index contributed by atoms with van der Waals surface area (Å²) in [5.74, 6) is -1.10. The van der Waals surface area contributed by atoms with Crippen LogP contribution in [-0.2, 0) is 0 Å². The van der Waals surface area contributed by atoms with Crippen LogP contribution in [0.1, 0.15) is 44.8 Å². The molecule has 0 aromatic heterocycles. The molecule has 2 N–H and O–H groups in total. The molecule has 0 spiro atoms. The molecule has 0 aliphatic rings. The number of hydrogen-bond acceptors (Lipinski definition) is 2. The molecular weight excluding hydrogens is 248 g/mol. The molecule has 0 aliphatic carbocycles. The summed E-state index contributed by atoms with van der Waals surface area (Å²) >= 11 is 0. The zero-order valence-electron chi connectivity index (χ0n) is 11.6. The Morgan fingerprint density at radius 1 is 1.16 bits per heavy atom. The molecule has 0 saturated heterocycles. The van der Waals surface area contributed by atoms with E-state index in [1.54, 1.807) is 0 Å². The zero-order chi connectivity index (χ0) is 14.3. The highest BCUT2D eigenvalue weighted by Gasteiger charge is 2.10. The first-order valence-corrected chi connectivity index (χ1v) is 6.84. The SMILES string of the molecule is CC(C)CCCCNCC(O)c1ccc(F)c(F)c1. The molecule has 0 saturated carbocycles. The van der Waals surface area contributed by atoms with Crippen LogP contribution in [0.5, 0.6) is 0 Å². The van der Waals surface area contributed by atoms with E-state index < -0.39 is 17.7 Å². The quantitative estimate of drug-likeness (QED) is 0.710. The topological polar surface area (TPSA) is 32.3 Å². The second-order valence-electron chi connectivity index (χ2n) is 5.28. The molecule has 0 bridgehead atoms. The highest BCUT2D eigenvalue weighted by molar-refractivity contribution is 5.20. The first-order valence-electron chi connectivity index (χ1n) is 6.84. The largest absolute Gasteiger partial charge is 0.387 e. The number of halogens is 2. The number of aliphatic hydroxyl groups excluding tert-OH is 1. The van der Waals surface area contributed by atoms with Gasteiger partial charge in [-0.3, -0.25) is 0 Å². The van der Waals surface area contributed by atoms with Gasteiger partial charge < -0.3 is 10.4 Å². The van der Waals surface area contributed by atoms with E-state index in [9.17, 15) is 13.9 Å². The molecule has 0 fully saturated rings. The van der Waals surface area contributed by atoms with Crippen molar-refractivity contribution in [3.8, 4) is 0 Å². The van der Waals surface area contributed by atoms with Crippen molar-refractivity contribution in [2.24, 2.45) is 5.92 Å². The molecule has 1 aromatic rings. The van der Waals surface area contributed by atoms with Gasteiger partial charge in [0.1, 0.15) is 0 Å². The van der Waals surface area contributed by atoms with Gasteiger partial charge in [0, 0.05) is 6.54 Å². The van der Waals surface area contributed by atoms with Gasteiger partial charge in [0.25, 0.3) is 0 Å². The normalized spacial score (nSPS) is 12.9. The van der Waals surface area contributed by atoms with Gasteiger partial charge in [0.15, 0.2) is 11.6 Å². The summed E-state index contributed by atoms with van der Waals surface area (Å²) < 4.78 is 25.7. The van der Waals surface area contributed by atoms with Gasteiger partial charge in [0.05, 0.1) is 6.10 Å². The van der Waals surface area contributed by atoms with Crippen LogP contribution in [-0.4, -0.2) is 18.2 Å². The van der Waals surface area contributed by atoms with Crippen LogP contribution in [0.4, 0.5) is 8.78 Å². The molecule has 1 aromatic carbocycles. The van der Waals surface area contributed by atoms with E-state index in [-0.39, 0.29) is 0 Å². The number of rotatable bonds is 8. The van der Waals surface area contributed by atoms with E-state index >= 15 is 0 Å². The Labute approximate surface area is 113 Å². The zero-order valence-corrected chi connectivity index (χ0v) is 11.6. The third-order valence-electron chi connectivity index (χ3n) is 3.05. The number of nitrogens with one attached hydrogen (secondary N) is 1. The van der Waals surface area contributed by atoms with Crippen LogP contribution < -0.4 is 5.32 Å². The molecule has 19 heavy (non-hydrogen) atoms. The maximum atomic E-state index is 13.0. The molecule has 108 valence electrons. The fourth-order valence-electron chi connectivity index (χ4n) is 1.88. The standard InChI is InChI=1S/C15H23F2NO/c1-11(2)5-3-4-8-18-10-15(19)12-6-7-13(16)14(17)9-12/h6-7,9,11,15,18-19H,3-5,8,10H2,1-2H3. The summed E-state index contributed by atoms with van der Waals surface area (Å²) in [7, 11) is 0. The van der Waals surface area contributed by atoms with Crippen LogP contribution >= 0.6 is 0 Å². The molecule has 1 unspecified atom stereocenters. The van der Waals surface area contributed by atoms with E-state index in [4.69, 9.17) is 0 Å². The Kier molecular flexibility index (Phi) is 6.95. The van der Waals surface area contributed by atoms with Crippen molar-refractivity contribution in [1.29, 1.82) is 0 Å². The van der Waals surface area contributed by atoms with Crippen LogP contribution in [0, 0.1) is 17.6 Å². The summed E-state index contributed by atoms with van der Waals surface area (Å²) in [4.78, 5) is 0. The minimum absolute atomic E-state index is 0.354. The number of unbranched alkanes of at least 4 members (excludes halogenated alkanes) is 1. The van der Waals surface area contributed by atoms with E-state index in [0.717, 1.165) is 31.5 Å². The van der Waals surface area contributed by atoms with Gasteiger partial charge in [0.2, 0.25) is 0 Å². The van der Waals surface area contributed by atoms with Gasteiger partial charge in [-0.15, -0.1) is 0 Å². The minimum atomic E-state index is -0.923. The number of hydrogen-bond donors (Lipinski definition) is 2. The predicted molar refractivity (Wildman–Crippen MR) is 72.9 cm³/mol. The fourth-order valence-corrected chi connectivity index (χ4v) is 1.88. The Morgan fingerprint density at radius 3 is 2.53 bits per heavy atom. The molecule has 2 nitrogen and oxygen atoms in total. The highest BCUT2D eigenvalue weighted by Crippen LogP contribution is 2.15. The lowest BCUT2D eigenvalue weighted by molar-refractivity contribution is 0.174. The smallest absolute Gasteiger partial charge is 0.159 e. The monoisotopic (exact) mass is 271 g/mol. The van der Waals surface area contributed by atoms with Crippen LogP contribution in [0.15, 0.2) is 18.2 Å². The van der Waals surface area contributed by atoms with Crippen molar-refractivity contribution in [2.75, 3.05) is 13.1 Å². The van der Waals surface area contributed by atoms with Gasteiger partial charge in [-0.1, -0.05) is 32.8 Å². The van der Waals surface area contributed by atoms with E-state index in [1.807, 2.05) is 0 Å². The summed E-state index contributed by atoms with van der Waals surface area (Å²) in [6, 6.07) is 3.49. The Hall–Kier alpha value is -1.00. The third-order valence-corrected chi connectivity index (χ3v) is 3.05. The van der Waals surface area contributed by atoms with Crippen molar-refractivity contribution < 1.29 is 13.9 Å². The second kappa shape index (κ2) is 8.23. The van der Waals surface area contributed by atoms with Crippen molar-refractivity contribution >= 4 is 0 Å². The lowest BCUT2D eigenvalue weighted by Gasteiger charge is -2.12. The summed E-state index contributed by atoms with van der Waals surface area (Å²) in [5.41, 5.74) is 0.397. The first kappa shape index (κ1) is 16.1. The van der Waals surface area contributed by atoms with Crippen LogP contribution in [0.2, 0.25) is 0 Å². The molecule has 0 radical (unpaired) electrons. The second-order valence-corrected chi connectivity index (χ2v) is 5.28. The molecule has 0 aliphatic heterocycles. The van der Waals surface area contributed by atoms with Crippen LogP contribution in [0.25, 0.3) is 0 Å². The fraction of sp³-hybridized carbons (Fsp3) is 0.600. The molecule has 1 atom stereocenters. The maximum Gasteiger partial charge on any atom is 0.159 e. The third kappa shape index (κ3) is 6.12. The lowest BCUT2D eigenvalue weighted by atomic mass is 10.1. The predicted octanol–water partition coefficient (Wildman–Crippen LogP) is 3.41. The highest BCUT2D eigenvalue weighted by atomic mass is 19.2. The Balaban J connectivity index is 2.23. The first-order chi connectivity index (χ1) is 9.00. The summed E-state index contributed by atoms with van der Waals surface area (Å²) in [6.07, 6.45) is 2.61. The Morgan fingerprint density at radius 2 is 1.89 bits per heavy atom. The molecule has 0 heterocycles. The van der Waals surface area contributed by atoms with Gasteiger partial charge in [-0.25, -0.2) is 8.78 Å². The minimum Gasteiger partial charge on any atom is -0.387 e. The van der Waals surface area contributed by atoms with Crippen molar-refractivity contribution in [3.63, 3.8) is 0 Å². The van der Waals surface area contributed by atoms with E-state index in [1.165, 1.54) is 12.5 Å². The molecule has 0 amide bonds. The number of benzene rings is 1. The van der Waals surface area contributed by atoms with Gasteiger partial charge in [-0.05, 0) is 36.6 Å². The van der Waals surface area contributed by atoms with E-state index in [2.05, 4.69) is 19.2 Å². The summed E-state index contributed by atoms with van der Waals surface area (Å²) in [5, 5.41) is 13.0.